The van der Waals surface area contributed by atoms with Gasteiger partial charge in [-0.2, -0.15) is 25.9 Å². The molecule has 170 valence electrons. The summed E-state index contributed by atoms with van der Waals surface area (Å²) in [5.74, 6) is 4.00. The Morgan fingerprint density at radius 2 is 1.87 bits per heavy atom. The van der Waals surface area contributed by atoms with Gasteiger partial charge < -0.3 is 5.84 Å². The highest BCUT2D eigenvalue weighted by atomic mass is 35.5. The third kappa shape index (κ3) is 5.08. The molecule has 1 amide bonds. The van der Waals surface area contributed by atoms with Crippen molar-refractivity contribution in [2.24, 2.45) is 0 Å². The molecule has 0 fully saturated rings. The van der Waals surface area contributed by atoms with Crippen LogP contribution in [0.1, 0.15) is 29.4 Å². The summed E-state index contributed by atoms with van der Waals surface area (Å²) in [7, 11) is -2.97. The van der Waals surface area contributed by atoms with Crippen molar-refractivity contribution in [2.75, 3.05) is 19.4 Å². The van der Waals surface area contributed by atoms with Crippen LogP contribution in [0.25, 0.3) is 5.69 Å². The molecule has 0 radical (unpaired) electrons. The monoisotopic (exact) mass is 483 g/mol. The van der Waals surface area contributed by atoms with Gasteiger partial charge in [-0.05, 0) is 24.6 Å². The van der Waals surface area contributed by atoms with E-state index in [2.05, 4.69) is 0 Å². The van der Waals surface area contributed by atoms with Crippen LogP contribution < -0.4 is 21.8 Å². The lowest BCUT2D eigenvalue weighted by molar-refractivity contribution is -0.143. The van der Waals surface area contributed by atoms with Crippen LogP contribution in [0.15, 0.2) is 33.9 Å². The van der Waals surface area contributed by atoms with Gasteiger partial charge in [0.1, 0.15) is 0 Å². The first-order chi connectivity index (χ1) is 14.2. The largest absolute Gasteiger partial charge is 0.433 e. The lowest BCUT2D eigenvalue weighted by atomic mass is 10.2. The number of aromatic nitrogens is 2. The highest BCUT2D eigenvalue weighted by Gasteiger charge is 2.36. The lowest BCUT2D eigenvalue weighted by Gasteiger charge is -2.17. The molecule has 0 aliphatic heterocycles. The number of hydrogen-bond donors (Lipinski definition) is 2. The Kier molecular flexibility index (Phi) is 6.87. The molecule has 0 unspecified atom stereocenters. The van der Waals surface area contributed by atoms with E-state index in [4.69, 9.17) is 17.4 Å². The summed E-state index contributed by atoms with van der Waals surface area (Å²) in [4.78, 5) is 36.9. The molecule has 1 aromatic carbocycles. The maximum absolute atomic E-state index is 12.9. The van der Waals surface area contributed by atoms with Gasteiger partial charge in [0, 0.05) is 19.7 Å². The Hall–Kier alpha value is -2.84. The van der Waals surface area contributed by atoms with Crippen molar-refractivity contribution in [3.05, 3.63) is 61.4 Å². The molecule has 2 rings (SSSR count). The van der Waals surface area contributed by atoms with Crippen LogP contribution in [0.4, 0.5) is 13.2 Å². The molecule has 31 heavy (non-hydrogen) atoms. The van der Waals surface area contributed by atoms with E-state index in [0.717, 1.165) is 22.5 Å². The summed E-state index contributed by atoms with van der Waals surface area (Å²) in [6.07, 6.45) is -4.58. The fourth-order valence-electron chi connectivity index (χ4n) is 2.52. The van der Waals surface area contributed by atoms with Gasteiger partial charge >= 0.3 is 22.1 Å². The van der Waals surface area contributed by atoms with E-state index < -0.39 is 44.8 Å². The van der Waals surface area contributed by atoms with Gasteiger partial charge in [0.15, 0.2) is 5.69 Å². The van der Waals surface area contributed by atoms with Crippen molar-refractivity contribution >= 4 is 27.7 Å². The second kappa shape index (κ2) is 8.72. The van der Waals surface area contributed by atoms with Gasteiger partial charge in [-0.1, -0.05) is 18.5 Å². The molecule has 0 aliphatic carbocycles. The molecule has 0 atom stereocenters. The fraction of sp³-hybridized carbons (Fsp3) is 0.312. The van der Waals surface area contributed by atoms with Crippen LogP contribution in [0.5, 0.6) is 0 Å². The maximum atomic E-state index is 12.9. The van der Waals surface area contributed by atoms with Crippen LogP contribution in [0.2, 0.25) is 5.02 Å². The van der Waals surface area contributed by atoms with Gasteiger partial charge in [0.2, 0.25) is 0 Å². The van der Waals surface area contributed by atoms with E-state index in [1.54, 1.807) is 11.6 Å². The minimum Gasteiger partial charge on any atom is -0.335 e. The number of nitrogens with two attached hydrogens (primary N) is 1. The Bertz CT molecular complexity index is 1240. The number of hydrogen-bond acceptors (Lipinski definition) is 6. The van der Waals surface area contributed by atoms with Crippen LogP contribution in [-0.4, -0.2) is 41.5 Å². The highest BCUT2D eigenvalue weighted by Crippen LogP contribution is 2.26. The van der Waals surface area contributed by atoms with Crippen molar-refractivity contribution in [3.8, 4) is 5.69 Å². The van der Waals surface area contributed by atoms with E-state index in [1.165, 1.54) is 7.05 Å². The number of carbonyl (C=O) groups is 1. The smallest absolute Gasteiger partial charge is 0.335 e. The normalized spacial score (nSPS) is 12.2. The number of nitrogens with one attached hydrogen (secondary N) is 1. The molecule has 0 spiro atoms. The third-order valence-corrected chi connectivity index (χ3v) is 5.83. The van der Waals surface area contributed by atoms with Crippen LogP contribution in [-0.2, 0) is 16.4 Å². The zero-order valence-electron chi connectivity index (χ0n) is 16.1. The molecular weight excluding hydrogens is 467 g/mol. The van der Waals surface area contributed by atoms with Gasteiger partial charge in [-0.15, -0.1) is 0 Å². The minimum absolute atomic E-state index is 0.111. The molecule has 0 bridgehead atoms. The van der Waals surface area contributed by atoms with Crippen molar-refractivity contribution in [3.63, 3.8) is 0 Å². The topological polar surface area (TPSA) is 136 Å². The number of benzene rings is 1. The Morgan fingerprint density at radius 3 is 2.42 bits per heavy atom. The summed E-state index contributed by atoms with van der Waals surface area (Å²) in [5, 5.41) is -0.234. The number of amides is 1. The average molecular weight is 484 g/mol. The van der Waals surface area contributed by atoms with Crippen molar-refractivity contribution in [1.82, 2.24) is 18.3 Å². The number of nitrogen functional groups attached to an aromatic ring is 1. The Balaban J connectivity index is 2.56. The zero-order chi connectivity index (χ0) is 23.7. The minimum atomic E-state index is -5.06. The van der Waals surface area contributed by atoms with Gasteiger partial charge in [-0.25, -0.2) is 18.8 Å². The molecule has 0 saturated carbocycles. The van der Waals surface area contributed by atoms with E-state index in [1.807, 2.05) is 0 Å². The fourth-order valence-corrected chi connectivity index (χ4v) is 3.65. The maximum Gasteiger partial charge on any atom is 0.433 e. The third-order valence-electron chi connectivity index (χ3n) is 4.05. The number of rotatable bonds is 6. The standard InChI is InChI=1S/C16H17ClF3N5O5S/c1-3-6-23(2)31(29,30)22-14(27)10-7-9(4-5-11(10)17)24-13(26)8-12(16(18,19)20)25(21)15(24)28/h4-5,7-8H,3,6,21H2,1-2H3,(H,22,27). The molecule has 3 N–H and O–H groups in total. The quantitative estimate of drug-likeness (QED) is 0.580. The second-order valence-corrected chi connectivity index (χ2v) is 8.46. The van der Waals surface area contributed by atoms with E-state index in [0.29, 0.717) is 6.42 Å². The summed E-state index contributed by atoms with van der Waals surface area (Å²) in [5.41, 5.74) is -5.37. The zero-order valence-corrected chi connectivity index (χ0v) is 17.7. The molecule has 2 aromatic rings. The molecule has 0 aliphatic rings. The first-order valence-electron chi connectivity index (χ1n) is 8.50. The SMILES string of the molecule is CCCN(C)S(=O)(=O)NC(=O)c1cc(-n2c(=O)cc(C(F)(F)F)n(N)c2=O)ccc1Cl. The van der Waals surface area contributed by atoms with Crippen LogP contribution >= 0.6 is 11.6 Å². The van der Waals surface area contributed by atoms with Crippen molar-refractivity contribution in [2.45, 2.75) is 19.5 Å². The number of alkyl halides is 3. The van der Waals surface area contributed by atoms with Gasteiger partial charge in [0.05, 0.1) is 16.3 Å². The predicted octanol–water partition coefficient (Wildman–Crippen LogP) is 0.702. The van der Waals surface area contributed by atoms with Crippen molar-refractivity contribution in [1.29, 1.82) is 0 Å². The van der Waals surface area contributed by atoms with Crippen molar-refractivity contribution < 1.29 is 26.4 Å². The molecule has 0 saturated heterocycles. The second-order valence-electron chi connectivity index (χ2n) is 6.28. The molecule has 10 nitrogen and oxygen atoms in total. The number of nitrogens with zero attached hydrogens (tertiary/aromatic N) is 3. The summed E-state index contributed by atoms with van der Waals surface area (Å²) in [6, 6.07) is 3.13. The van der Waals surface area contributed by atoms with Crippen LogP contribution in [0, 0.1) is 0 Å². The molecule has 1 heterocycles. The highest BCUT2D eigenvalue weighted by molar-refractivity contribution is 7.87. The Labute approximate surface area is 178 Å². The first kappa shape index (κ1) is 24.4. The number of carbonyl (C=O) groups excluding carboxylic acids is 1. The number of halogens is 4. The molecule has 1 aromatic heterocycles. The molecule has 15 heteroatoms. The van der Waals surface area contributed by atoms with E-state index >= 15 is 0 Å². The summed E-state index contributed by atoms with van der Waals surface area (Å²) < 4.78 is 65.8. The average Bonchev–Trinajstić information content (AvgIpc) is 2.64. The predicted molar refractivity (Wildman–Crippen MR) is 106 cm³/mol. The lowest BCUT2D eigenvalue weighted by Crippen LogP contribution is -2.45. The van der Waals surface area contributed by atoms with Gasteiger partial charge in [0.25, 0.3) is 11.5 Å². The van der Waals surface area contributed by atoms with Gasteiger partial charge in [-0.3, -0.25) is 9.59 Å². The summed E-state index contributed by atoms with van der Waals surface area (Å²) >= 11 is 5.93. The van der Waals surface area contributed by atoms with E-state index in [-0.39, 0.29) is 32.6 Å². The summed E-state index contributed by atoms with van der Waals surface area (Å²) in [6.45, 7) is 1.84. The Morgan fingerprint density at radius 1 is 1.26 bits per heavy atom. The first-order valence-corrected chi connectivity index (χ1v) is 10.3. The molecular formula is C16H17ClF3N5O5S. The van der Waals surface area contributed by atoms with E-state index in [9.17, 15) is 36.0 Å². The van der Waals surface area contributed by atoms with Crippen LogP contribution in [0.3, 0.4) is 0 Å².